The minimum absolute atomic E-state index is 0.360. The Kier molecular flexibility index (Phi) is 7.09. The standard InChI is InChI=1S/C11H25NO3/c1-5-12(9-11(3,4)14)7-10(13)8-15-6-2/h10,13-14H,5-9H2,1-4H3. The van der Waals surface area contributed by atoms with Crippen LogP contribution in [0.2, 0.25) is 0 Å². The molecule has 0 bridgehead atoms. The Morgan fingerprint density at radius 2 is 1.93 bits per heavy atom. The second-order valence-electron chi connectivity index (χ2n) is 4.45. The Bertz CT molecular complexity index is 156. The van der Waals surface area contributed by atoms with Gasteiger partial charge in [0, 0.05) is 19.7 Å². The third kappa shape index (κ3) is 8.81. The number of aliphatic hydroxyl groups is 2. The van der Waals surface area contributed by atoms with Crippen LogP contribution in [-0.2, 0) is 4.74 Å². The van der Waals surface area contributed by atoms with Crippen LogP contribution in [0.1, 0.15) is 27.7 Å². The first-order chi connectivity index (χ1) is 6.89. The number of aliphatic hydroxyl groups excluding tert-OH is 1. The van der Waals surface area contributed by atoms with Crippen molar-refractivity contribution in [1.82, 2.24) is 4.90 Å². The lowest BCUT2D eigenvalue weighted by atomic mass is 10.1. The number of rotatable bonds is 8. The highest BCUT2D eigenvalue weighted by molar-refractivity contribution is 4.73. The summed E-state index contributed by atoms with van der Waals surface area (Å²) in [6, 6.07) is 0. The second kappa shape index (κ2) is 7.17. The van der Waals surface area contributed by atoms with Crippen molar-refractivity contribution in [3.63, 3.8) is 0 Å². The van der Waals surface area contributed by atoms with Crippen LogP contribution in [0, 0.1) is 0 Å². The largest absolute Gasteiger partial charge is 0.389 e. The van der Waals surface area contributed by atoms with E-state index in [0.717, 1.165) is 6.54 Å². The molecule has 1 atom stereocenters. The van der Waals surface area contributed by atoms with Gasteiger partial charge in [0.15, 0.2) is 0 Å². The van der Waals surface area contributed by atoms with E-state index in [0.29, 0.717) is 26.3 Å². The first kappa shape index (κ1) is 14.8. The molecule has 0 spiro atoms. The van der Waals surface area contributed by atoms with Crippen molar-refractivity contribution in [2.75, 3.05) is 32.8 Å². The first-order valence-corrected chi connectivity index (χ1v) is 5.59. The lowest BCUT2D eigenvalue weighted by Crippen LogP contribution is -2.43. The highest BCUT2D eigenvalue weighted by atomic mass is 16.5. The van der Waals surface area contributed by atoms with Crippen LogP contribution in [-0.4, -0.2) is 59.7 Å². The van der Waals surface area contributed by atoms with Crippen LogP contribution < -0.4 is 0 Å². The fraction of sp³-hybridized carbons (Fsp3) is 1.00. The first-order valence-electron chi connectivity index (χ1n) is 5.59. The summed E-state index contributed by atoms with van der Waals surface area (Å²) < 4.78 is 5.13. The lowest BCUT2D eigenvalue weighted by molar-refractivity contribution is -0.00543. The summed E-state index contributed by atoms with van der Waals surface area (Å²) in [5.74, 6) is 0. The number of hydrogen-bond acceptors (Lipinski definition) is 4. The van der Waals surface area contributed by atoms with E-state index in [-0.39, 0.29) is 0 Å². The van der Waals surface area contributed by atoms with Crippen LogP contribution in [0.15, 0.2) is 0 Å². The van der Waals surface area contributed by atoms with E-state index in [2.05, 4.69) is 0 Å². The molecule has 4 heteroatoms. The van der Waals surface area contributed by atoms with E-state index >= 15 is 0 Å². The SMILES string of the molecule is CCOCC(O)CN(CC)CC(C)(C)O. The van der Waals surface area contributed by atoms with Gasteiger partial charge in [-0.05, 0) is 27.3 Å². The van der Waals surface area contributed by atoms with Gasteiger partial charge in [-0.25, -0.2) is 0 Å². The highest BCUT2D eigenvalue weighted by Crippen LogP contribution is 2.05. The van der Waals surface area contributed by atoms with Crippen molar-refractivity contribution < 1.29 is 14.9 Å². The molecule has 15 heavy (non-hydrogen) atoms. The fourth-order valence-electron chi connectivity index (χ4n) is 1.46. The predicted molar refractivity (Wildman–Crippen MR) is 60.9 cm³/mol. The monoisotopic (exact) mass is 219 g/mol. The van der Waals surface area contributed by atoms with Crippen molar-refractivity contribution in [2.24, 2.45) is 0 Å². The third-order valence-corrected chi connectivity index (χ3v) is 2.04. The number of likely N-dealkylation sites (N-methyl/N-ethyl adjacent to an activating group) is 1. The molecule has 0 fully saturated rings. The van der Waals surface area contributed by atoms with E-state index in [1.807, 2.05) is 18.7 Å². The smallest absolute Gasteiger partial charge is 0.0900 e. The zero-order chi connectivity index (χ0) is 11.9. The molecule has 0 aliphatic carbocycles. The topological polar surface area (TPSA) is 52.9 Å². The molecule has 2 N–H and O–H groups in total. The van der Waals surface area contributed by atoms with Crippen LogP contribution in [0.3, 0.4) is 0 Å². The van der Waals surface area contributed by atoms with Crippen molar-refractivity contribution in [3.8, 4) is 0 Å². The number of hydrogen-bond donors (Lipinski definition) is 2. The minimum atomic E-state index is -0.721. The van der Waals surface area contributed by atoms with Crippen LogP contribution in [0.5, 0.6) is 0 Å². The number of nitrogens with zero attached hydrogens (tertiary/aromatic N) is 1. The molecule has 0 amide bonds. The van der Waals surface area contributed by atoms with Gasteiger partial charge in [-0.3, -0.25) is 4.90 Å². The Balaban J connectivity index is 3.87. The zero-order valence-corrected chi connectivity index (χ0v) is 10.4. The Morgan fingerprint density at radius 3 is 2.33 bits per heavy atom. The second-order valence-corrected chi connectivity index (χ2v) is 4.45. The lowest BCUT2D eigenvalue weighted by Gasteiger charge is -2.29. The van der Waals surface area contributed by atoms with Crippen molar-refractivity contribution in [3.05, 3.63) is 0 Å². The molecule has 0 aromatic carbocycles. The molecule has 0 aromatic rings. The van der Waals surface area contributed by atoms with E-state index in [1.54, 1.807) is 13.8 Å². The summed E-state index contributed by atoms with van der Waals surface area (Å²) in [7, 11) is 0. The van der Waals surface area contributed by atoms with Gasteiger partial charge in [0.05, 0.1) is 18.3 Å². The van der Waals surface area contributed by atoms with E-state index < -0.39 is 11.7 Å². The molecule has 0 heterocycles. The van der Waals surface area contributed by atoms with E-state index in [4.69, 9.17) is 4.74 Å². The highest BCUT2D eigenvalue weighted by Gasteiger charge is 2.19. The summed E-state index contributed by atoms with van der Waals surface area (Å²) in [4.78, 5) is 2.02. The van der Waals surface area contributed by atoms with Gasteiger partial charge >= 0.3 is 0 Å². The Morgan fingerprint density at radius 1 is 1.33 bits per heavy atom. The van der Waals surface area contributed by atoms with Gasteiger partial charge in [-0.2, -0.15) is 0 Å². The van der Waals surface area contributed by atoms with Crippen molar-refractivity contribution in [2.45, 2.75) is 39.4 Å². The van der Waals surface area contributed by atoms with Crippen molar-refractivity contribution >= 4 is 0 Å². The molecule has 0 saturated carbocycles. The molecule has 1 unspecified atom stereocenters. The summed E-state index contributed by atoms with van der Waals surface area (Å²) in [5.41, 5.74) is -0.721. The summed E-state index contributed by atoms with van der Waals surface area (Å²) in [6.07, 6.45) is -0.479. The summed E-state index contributed by atoms with van der Waals surface area (Å²) in [6.45, 7) is 10.4. The van der Waals surface area contributed by atoms with Gasteiger partial charge in [0.1, 0.15) is 0 Å². The maximum atomic E-state index is 9.65. The van der Waals surface area contributed by atoms with Gasteiger partial charge < -0.3 is 14.9 Å². The van der Waals surface area contributed by atoms with Crippen LogP contribution in [0.25, 0.3) is 0 Å². The molecular formula is C11H25NO3. The van der Waals surface area contributed by atoms with Gasteiger partial charge in [0.25, 0.3) is 0 Å². The average Bonchev–Trinajstić information content (AvgIpc) is 2.11. The molecule has 92 valence electrons. The maximum absolute atomic E-state index is 9.65. The maximum Gasteiger partial charge on any atom is 0.0900 e. The van der Waals surface area contributed by atoms with Crippen LogP contribution >= 0.6 is 0 Å². The van der Waals surface area contributed by atoms with Crippen LogP contribution in [0.4, 0.5) is 0 Å². The molecule has 0 aliphatic rings. The summed E-state index contributed by atoms with van der Waals surface area (Å²) >= 11 is 0. The molecule has 0 aromatic heterocycles. The van der Waals surface area contributed by atoms with E-state index in [1.165, 1.54) is 0 Å². The quantitative estimate of drug-likeness (QED) is 0.623. The average molecular weight is 219 g/mol. The molecule has 0 aliphatic heterocycles. The predicted octanol–water partition coefficient (Wildman–Crippen LogP) is 0.477. The Labute approximate surface area is 92.9 Å². The molecule has 4 nitrogen and oxygen atoms in total. The number of ether oxygens (including phenoxy) is 1. The summed E-state index contributed by atoms with van der Waals surface area (Å²) in [5, 5.41) is 19.3. The Hall–Kier alpha value is -0.160. The van der Waals surface area contributed by atoms with Gasteiger partial charge in [0.2, 0.25) is 0 Å². The molecule has 0 saturated heterocycles. The van der Waals surface area contributed by atoms with Gasteiger partial charge in [-0.1, -0.05) is 6.92 Å². The zero-order valence-electron chi connectivity index (χ0n) is 10.4. The fourth-order valence-corrected chi connectivity index (χ4v) is 1.46. The van der Waals surface area contributed by atoms with E-state index in [9.17, 15) is 10.2 Å². The third-order valence-electron chi connectivity index (χ3n) is 2.04. The molecular weight excluding hydrogens is 194 g/mol. The van der Waals surface area contributed by atoms with Gasteiger partial charge in [-0.15, -0.1) is 0 Å². The minimum Gasteiger partial charge on any atom is -0.389 e. The normalized spacial score (nSPS) is 14.6. The molecule has 0 radical (unpaired) electrons. The van der Waals surface area contributed by atoms with Crippen molar-refractivity contribution in [1.29, 1.82) is 0 Å². The molecule has 0 rings (SSSR count).